The molecule has 1 aromatic heterocycles. The van der Waals surface area contributed by atoms with Crippen LogP contribution in [0, 0.1) is 11.7 Å². The van der Waals surface area contributed by atoms with Crippen molar-refractivity contribution in [2.24, 2.45) is 5.92 Å². The summed E-state index contributed by atoms with van der Waals surface area (Å²) >= 11 is 1.37. The number of benzene rings is 1. The van der Waals surface area contributed by atoms with Gasteiger partial charge in [0.2, 0.25) is 11.7 Å². The second-order valence-electron chi connectivity index (χ2n) is 9.60. The Bertz CT molecular complexity index is 1050. The van der Waals surface area contributed by atoms with E-state index in [1.54, 1.807) is 5.38 Å². The lowest BCUT2D eigenvalue weighted by molar-refractivity contribution is -0.646. The normalized spacial score (nSPS) is 20.4. The van der Waals surface area contributed by atoms with Gasteiger partial charge in [-0.2, -0.15) is 0 Å². The van der Waals surface area contributed by atoms with Crippen LogP contribution in [-0.4, -0.2) is 53.2 Å². The number of carbonyl (C=O) groups is 3. The maximum Gasteiger partial charge on any atom is 0.278 e. The standard InChI is InChI=1S/C26H33FN4O3S/c1-16(28-2)24(33)30-22(17-7-4-3-5-8-17)26(34)31-14-6-9-21(31)25-29-20(15-35-25)23(32)18-10-12-19(27)13-11-18/h10-13,15-17,21-22,28H,3-9,14H2,1-2H3,(H,30,33)/p+1/t16-,21-,22-/m0/s1. The van der Waals surface area contributed by atoms with Crippen LogP contribution in [0.5, 0.6) is 0 Å². The fraction of sp³-hybridized carbons (Fsp3) is 0.538. The molecule has 2 aliphatic rings. The number of carbonyl (C=O) groups excluding carboxylic acids is 3. The van der Waals surface area contributed by atoms with Gasteiger partial charge in [-0.3, -0.25) is 14.4 Å². The van der Waals surface area contributed by atoms with Crippen molar-refractivity contribution in [3.63, 3.8) is 0 Å². The van der Waals surface area contributed by atoms with Crippen LogP contribution in [0.4, 0.5) is 4.39 Å². The lowest BCUT2D eigenvalue weighted by atomic mass is 9.83. The number of quaternary nitrogens is 1. The van der Waals surface area contributed by atoms with Crippen molar-refractivity contribution in [1.29, 1.82) is 0 Å². The number of aromatic nitrogens is 1. The number of likely N-dealkylation sites (tertiary alicyclic amines) is 1. The average molecular weight is 502 g/mol. The molecule has 1 saturated carbocycles. The van der Waals surface area contributed by atoms with Gasteiger partial charge < -0.3 is 15.5 Å². The highest BCUT2D eigenvalue weighted by Crippen LogP contribution is 2.36. The van der Waals surface area contributed by atoms with Gasteiger partial charge in [-0.25, -0.2) is 9.37 Å². The fourth-order valence-corrected chi connectivity index (χ4v) is 5.99. The molecule has 1 aliphatic carbocycles. The molecule has 1 aromatic carbocycles. The Morgan fingerprint density at radius 1 is 1.11 bits per heavy atom. The summed E-state index contributed by atoms with van der Waals surface area (Å²) in [5.41, 5.74) is 0.685. The summed E-state index contributed by atoms with van der Waals surface area (Å²) in [6.45, 7) is 2.45. The topological polar surface area (TPSA) is 96.0 Å². The van der Waals surface area contributed by atoms with Gasteiger partial charge in [0.15, 0.2) is 6.04 Å². The summed E-state index contributed by atoms with van der Waals surface area (Å²) in [4.78, 5) is 45.9. The number of ketones is 1. The molecule has 2 amide bonds. The van der Waals surface area contributed by atoms with E-state index in [0.717, 1.165) is 43.5 Å². The van der Waals surface area contributed by atoms with E-state index in [4.69, 9.17) is 0 Å². The SMILES string of the molecule is C[NH2+][C@@H](C)C(=O)N[C@H](C(=O)N1CCC[C@H]1c1nc(C(=O)c2ccc(F)cc2)cs1)C1CCCCC1. The van der Waals surface area contributed by atoms with Crippen molar-refractivity contribution in [2.45, 2.75) is 70.0 Å². The van der Waals surface area contributed by atoms with E-state index in [9.17, 15) is 18.8 Å². The van der Waals surface area contributed by atoms with Crippen LogP contribution >= 0.6 is 11.3 Å². The van der Waals surface area contributed by atoms with Gasteiger partial charge in [0.05, 0.1) is 13.1 Å². The highest BCUT2D eigenvalue weighted by molar-refractivity contribution is 7.10. The number of nitrogens with zero attached hydrogens (tertiary/aromatic N) is 2. The van der Waals surface area contributed by atoms with Gasteiger partial charge in [-0.15, -0.1) is 11.3 Å². The molecular weight excluding hydrogens is 467 g/mol. The first-order valence-corrected chi connectivity index (χ1v) is 13.4. The highest BCUT2D eigenvalue weighted by Gasteiger charge is 2.40. The first kappa shape index (κ1) is 25.4. The van der Waals surface area contributed by atoms with Crippen LogP contribution in [0.25, 0.3) is 0 Å². The molecule has 1 saturated heterocycles. The molecule has 0 unspecified atom stereocenters. The van der Waals surface area contributed by atoms with Crippen molar-refractivity contribution in [3.8, 4) is 0 Å². The summed E-state index contributed by atoms with van der Waals surface area (Å²) in [7, 11) is 1.85. The molecular formula is C26H34FN4O3S+. The zero-order valence-electron chi connectivity index (χ0n) is 20.3. The molecule has 9 heteroatoms. The third-order valence-corrected chi connectivity index (χ3v) is 8.23. The number of nitrogens with two attached hydrogens (primary N) is 1. The largest absolute Gasteiger partial charge is 0.339 e. The predicted molar refractivity (Wildman–Crippen MR) is 131 cm³/mol. The molecule has 1 aliphatic heterocycles. The molecule has 7 nitrogen and oxygen atoms in total. The van der Waals surface area contributed by atoms with Crippen LogP contribution in [0.15, 0.2) is 29.6 Å². The molecule has 188 valence electrons. The third-order valence-electron chi connectivity index (χ3n) is 7.28. The van der Waals surface area contributed by atoms with Crippen molar-refractivity contribution in [1.82, 2.24) is 15.2 Å². The Hall–Kier alpha value is -2.65. The van der Waals surface area contributed by atoms with E-state index in [1.165, 1.54) is 42.0 Å². The second-order valence-corrected chi connectivity index (χ2v) is 10.5. The fourth-order valence-electron chi connectivity index (χ4n) is 5.04. The monoisotopic (exact) mass is 501 g/mol. The Morgan fingerprint density at radius 3 is 2.51 bits per heavy atom. The minimum atomic E-state index is -0.536. The average Bonchev–Trinajstić information content (AvgIpc) is 3.56. The van der Waals surface area contributed by atoms with Crippen LogP contribution in [-0.2, 0) is 9.59 Å². The quantitative estimate of drug-likeness (QED) is 0.544. The number of hydrogen-bond donors (Lipinski definition) is 2. The molecule has 4 rings (SSSR count). The summed E-state index contributed by atoms with van der Waals surface area (Å²) in [6.07, 6.45) is 6.81. The van der Waals surface area contributed by atoms with Gasteiger partial charge >= 0.3 is 0 Å². The van der Waals surface area contributed by atoms with E-state index in [0.29, 0.717) is 17.8 Å². The minimum absolute atomic E-state index is 0.0438. The summed E-state index contributed by atoms with van der Waals surface area (Å²) in [6, 6.07) is 4.42. The van der Waals surface area contributed by atoms with Crippen molar-refractivity contribution >= 4 is 28.9 Å². The summed E-state index contributed by atoms with van der Waals surface area (Å²) in [5.74, 6) is -0.685. The lowest BCUT2D eigenvalue weighted by Crippen LogP contribution is -2.88. The predicted octanol–water partition coefficient (Wildman–Crippen LogP) is 2.82. The number of likely N-dealkylation sites (N-methyl/N-ethyl adjacent to an activating group) is 1. The van der Waals surface area contributed by atoms with Crippen LogP contribution in [0.1, 0.15) is 79.0 Å². The Kier molecular flexibility index (Phi) is 8.28. The molecule has 0 bridgehead atoms. The van der Waals surface area contributed by atoms with Gasteiger partial charge in [0, 0.05) is 17.5 Å². The zero-order valence-corrected chi connectivity index (χ0v) is 21.2. The van der Waals surface area contributed by atoms with E-state index < -0.39 is 11.9 Å². The minimum Gasteiger partial charge on any atom is -0.339 e. The Labute approximate surface area is 209 Å². The number of rotatable bonds is 8. The molecule has 0 spiro atoms. The van der Waals surface area contributed by atoms with Crippen LogP contribution in [0.3, 0.4) is 0 Å². The van der Waals surface area contributed by atoms with E-state index in [1.807, 2.05) is 24.2 Å². The summed E-state index contributed by atoms with van der Waals surface area (Å²) < 4.78 is 13.2. The number of halogens is 1. The van der Waals surface area contributed by atoms with Crippen molar-refractivity contribution in [3.05, 3.63) is 51.7 Å². The van der Waals surface area contributed by atoms with Gasteiger partial charge in [-0.1, -0.05) is 19.3 Å². The van der Waals surface area contributed by atoms with Crippen LogP contribution in [0.2, 0.25) is 0 Å². The number of hydrogen-bond acceptors (Lipinski definition) is 5. The Balaban J connectivity index is 1.53. The molecule has 2 heterocycles. The smallest absolute Gasteiger partial charge is 0.278 e. The number of amides is 2. The van der Waals surface area contributed by atoms with Gasteiger partial charge in [0.25, 0.3) is 5.91 Å². The summed E-state index contributed by atoms with van der Waals surface area (Å²) in [5, 5.41) is 7.35. The maximum absolute atomic E-state index is 13.8. The molecule has 2 aromatic rings. The highest BCUT2D eigenvalue weighted by atomic mass is 32.1. The first-order chi connectivity index (χ1) is 16.9. The zero-order chi connectivity index (χ0) is 24.9. The number of nitrogens with one attached hydrogen (secondary N) is 1. The molecule has 35 heavy (non-hydrogen) atoms. The molecule has 0 radical (unpaired) electrons. The van der Waals surface area contributed by atoms with Crippen molar-refractivity contribution < 1.29 is 24.1 Å². The van der Waals surface area contributed by atoms with Crippen LogP contribution < -0.4 is 10.6 Å². The van der Waals surface area contributed by atoms with Gasteiger partial charge in [0.1, 0.15) is 22.6 Å². The third kappa shape index (κ3) is 5.78. The maximum atomic E-state index is 13.8. The number of thiazole rings is 1. The van der Waals surface area contributed by atoms with Gasteiger partial charge in [-0.05, 0) is 62.8 Å². The molecule has 3 N–H and O–H groups in total. The lowest BCUT2D eigenvalue weighted by Gasteiger charge is -2.34. The molecule has 2 fully saturated rings. The Morgan fingerprint density at radius 2 is 1.83 bits per heavy atom. The van der Waals surface area contributed by atoms with Crippen molar-refractivity contribution in [2.75, 3.05) is 13.6 Å². The first-order valence-electron chi connectivity index (χ1n) is 12.5. The van der Waals surface area contributed by atoms with E-state index in [2.05, 4.69) is 10.3 Å². The van der Waals surface area contributed by atoms with E-state index >= 15 is 0 Å². The molecule has 3 atom stereocenters. The second kappa shape index (κ2) is 11.4. The van der Waals surface area contributed by atoms with E-state index in [-0.39, 0.29) is 35.6 Å².